The van der Waals surface area contributed by atoms with Crippen molar-refractivity contribution in [1.82, 2.24) is 0 Å². The van der Waals surface area contributed by atoms with Crippen LogP contribution < -0.4 is 0 Å². The molecular weight excluding hydrogens is 336 g/mol. The van der Waals surface area contributed by atoms with E-state index < -0.39 is 0 Å². The smallest absolute Gasteiger partial charge is 0.305 e. The van der Waals surface area contributed by atoms with Crippen molar-refractivity contribution in [3.63, 3.8) is 0 Å². The van der Waals surface area contributed by atoms with Crippen LogP contribution in [0.1, 0.15) is 79.1 Å². The minimum atomic E-state index is -0.240. The minimum absolute atomic E-state index is 0.128. The van der Waals surface area contributed by atoms with Crippen LogP contribution >= 0.6 is 0 Å². The lowest BCUT2D eigenvalue weighted by Crippen LogP contribution is -2.14. The minimum Gasteiger partial charge on any atom is -0.462 e. The Balaban J connectivity index is 3.36. The summed E-state index contributed by atoms with van der Waals surface area (Å²) in [6, 6.07) is 0. The number of hydrogen-bond donors (Lipinski definition) is 0. The van der Waals surface area contributed by atoms with Crippen molar-refractivity contribution in [2.45, 2.75) is 91.3 Å². The Bertz CT molecular complexity index is 320. The van der Waals surface area contributed by atoms with Gasteiger partial charge in [-0.1, -0.05) is 12.8 Å². The van der Waals surface area contributed by atoms with Crippen molar-refractivity contribution in [3.8, 4) is 0 Å². The van der Waals surface area contributed by atoms with E-state index in [0.717, 1.165) is 51.7 Å². The summed E-state index contributed by atoms with van der Waals surface area (Å²) in [5, 5.41) is 0. The third-order valence-electron chi connectivity index (χ3n) is 3.56. The molecule has 6 heteroatoms. The molecule has 0 amide bonds. The molecule has 0 heterocycles. The number of esters is 2. The van der Waals surface area contributed by atoms with Gasteiger partial charge in [0, 0.05) is 26.1 Å². The van der Waals surface area contributed by atoms with Crippen molar-refractivity contribution in [1.29, 1.82) is 0 Å². The second-order valence-corrected chi connectivity index (χ2v) is 6.90. The van der Waals surface area contributed by atoms with Gasteiger partial charge in [0.15, 0.2) is 0 Å². The van der Waals surface area contributed by atoms with Gasteiger partial charge in [-0.15, -0.1) is 0 Å². The molecule has 0 aliphatic heterocycles. The average Bonchev–Trinajstić information content (AvgIpc) is 2.57. The Hall–Kier alpha value is -1.14. The standard InChI is InChI=1S/C20H38O6/c1-17(2)23-13-9-5-7-11-19(21)25-15-16-26-20(22)12-8-6-10-14-24-18(3)4/h17-18H,5-16H2,1-4H3. The van der Waals surface area contributed by atoms with E-state index in [-0.39, 0.29) is 37.4 Å². The van der Waals surface area contributed by atoms with Gasteiger partial charge in [-0.3, -0.25) is 9.59 Å². The highest BCUT2D eigenvalue weighted by Crippen LogP contribution is 2.04. The quantitative estimate of drug-likeness (QED) is 0.283. The summed E-state index contributed by atoms with van der Waals surface area (Å²) in [6.45, 7) is 9.74. The van der Waals surface area contributed by atoms with Gasteiger partial charge in [0.1, 0.15) is 13.2 Å². The van der Waals surface area contributed by atoms with Crippen LogP contribution in [0, 0.1) is 0 Å². The summed E-state index contributed by atoms with van der Waals surface area (Å²) < 4.78 is 21.0. The molecule has 0 aromatic rings. The van der Waals surface area contributed by atoms with Gasteiger partial charge < -0.3 is 18.9 Å². The van der Waals surface area contributed by atoms with Crippen LogP contribution in [-0.4, -0.2) is 50.6 Å². The van der Waals surface area contributed by atoms with Crippen LogP contribution in [-0.2, 0) is 28.5 Å². The van der Waals surface area contributed by atoms with Gasteiger partial charge in [-0.05, 0) is 53.4 Å². The summed E-state index contributed by atoms with van der Waals surface area (Å²) in [4.78, 5) is 23.1. The van der Waals surface area contributed by atoms with E-state index in [1.165, 1.54) is 0 Å². The van der Waals surface area contributed by atoms with Crippen molar-refractivity contribution in [2.24, 2.45) is 0 Å². The second kappa shape index (κ2) is 17.3. The van der Waals surface area contributed by atoms with Crippen molar-refractivity contribution in [2.75, 3.05) is 26.4 Å². The predicted octanol–water partition coefficient (Wildman–Crippen LogP) is 4.04. The molecule has 0 fully saturated rings. The Morgan fingerprint density at radius 1 is 0.577 bits per heavy atom. The van der Waals surface area contributed by atoms with E-state index in [1.54, 1.807) is 0 Å². The zero-order valence-corrected chi connectivity index (χ0v) is 17.1. The molecule has 0 aliphatic carbocycles. The fourth-order valence-corrected chi connectivity index (χ4v) is 2.19. The maximum Gasteiger partial charge on any atom is 0.305 e. The highest BCUT2D eigenvalue weighted by Gasteiger charge is 2.06. The lowest BCUT2D eigenvalue weighted by molar-refractivity contribution is -0.152. The summed E-state index contributed by atoms with van der Waals surface area (Å²) >= 11 is 0. The molecule has 26 heavy (non-hydrogen) atoms. The molecular formula is C20H38O6. The van der Waals surface area contributed by atoms with Crippen LogP contribution in [0.5, 0.6) is 0 Å². The molecule has 0 radical (unpaired) electrons. The predicted molar refractivity (Wildman–Crippen MR) is 101 cm³/mol. The van der Waals surface area contributed by atoms with Gasteiger partial charge in [0.25, 0.3) is 0 Å². The molecule has 154 valence electrons. The van der Waals surface area contributed by atoms with Crippen molar-refractivity contribution in [3.05, 3.63) is 0 Å². The fraction of sp³-hybridized carbons (Fsp3) is 0.900. The first-order valence-corrected chi connectivity index (χ1v) is 9.96. The van der Waals surface area contributed by atoms with E-state index in [2.05, 4.69) is 0 Å². The van der Waals surface area contributed by atoms with E-state index in [4.69, 9.17) is 18.9 Å². The molecule has 0 saturated heterocycles. The van der Waals surface area contributed by atoms with Crippen LogP contribution in [0.25, 0.3) is 0 Å². The first kappa shape index (κ1) is 24.9. The van der Waals surface area contributed by atoms with Gasteiger partial charge in [-0.2, -0.15) is 0 Å². The maximum absolute atomic E-state index is 11.5. The van der Waals surface area contributed by atoms with Gasteiger partial charge in [0.2, 0.25) is 0 Å². The summed E-state index contributed by atoms with van der Waals surface area (Å²) in [5.41, 5.74) is 0. The third-order valence-corrected chi connectivity index (χ3v) is 3.56. The van der Waals surface area contributed by atoms with Crippen LogP contribution in [0.15, 0.2) is 0 Å². The third kappa shape index (κ3) is 19.2. The Morgan fingerprint density at radius 3 is 1.31 bits per heavy atom. The number of rotatable bonds is 17. The lowest BCUT2D eigenvalue weighted by Gasteiger charge is -2.08. The molecule has 0 atom stereocenters. The SMILES string of the molecule is CC(C)OCCCCCC(=O)OCCOC(=O)CCCCCOC(C)C. The molecule has 0 unspecified atom stereocenters. The van der Waals surface area contributed by atoms with E-state index in [0.29, 0.717) is 12.8 Å². The van der Waals surface area contributed by atoms with Gasteiger partial charge in [-0.25, -0.2) is 0 Å². The van der Waals surface area contributed by atoms with Crippen LogP contribution in [0.4, 0.5) is 0 Å². The van der Waals surface area contributed by atoms with Gasteiger partial charge >= 0.3 is 11.9 Å². The highest BCUT2D eigenvalue weighted by atomic mass is 16.6. The van der Waals surface area contributed by atoms with Gasteiger partial charge in [0.05, 0.1) is 12.2 Å². The number of hydrogen-bond acceptors (Lipinski definition) is 6. The maximum atomic E-state index is 11.5. The van der Waals surface area contributed by atoms with E-state index >= 15 is 0 Å². The monoisotopic (exact) mass is 374 g/mol. The topological polar surface area (TPSA) is 71.1 Å². The summed E-state index contributed by atoms with van der Waals surface area (Å²) in [6.07, 6.45) is 6.67. The van der Waals surface area contributed by atoms with E-state index in [1.807, 2.05) is 27.7 Å². The Kier molecular flexibility index (Phi) is 16.5. The Labute approximate surface area is 158 Å². The van der Waals surface area contributed by atoms with Crippen molar-refractivity contribution < 1.29 is 28.5 Å². The van der Waals surface area contributed by atoms with Crippen LogP contribution in [0.3, 0.4) is 0 Å². The largest absolute Gasteiger partial charge is 0.462 e. The fourth-order valence-electron chi connectivity index (χ4n) is 2.19. The molecule has 0 spiro atoms. The average molecular weight is 375 g/mol. The summed E-state index contributed by atoms with van der Waals surface area (Å²) in [7, 11) is 0. The van der Waals surface area contributed by atoms with Crippen LogP contribution in [0.2, 0.25) is 0 Å². The molecule has 0 aliphatic rings. The zero-order chi connectivity index (χ0) is 19.6. The molecule has 0 aromatic heterocycles. The highest BCUT2D eigenvalue weighted by molar-refractivity contribution is 5.70. The number of carbonyl (C=O) groups excluding carboxylic acids is 2. The molecule has 0 saturated carbocycles. The lowest BCUT2D eigenvalue weighted by atomic mass is 10.2. The van der Waals surface area contributed by atoms with E-state index in [9.17, 15) is 9.59 Å². The molecule has 0 rings (SSSR count). The zero-order valence-electron chi connectivity index (χ0n) is 17.1. The molecule has 0 aromatic carbocycles. The number of carbonyl (C=O) groups is 2. The second-order valence-electron chi connectivity index (χ2n) is 6.90. The molecule has 0 N–H and O–H groups in total. The molecule has 0 bridgehead atoms. The number of unbranched alkanes of at least 4 members (excludes halogenated alkanes) is 4. The number of ether oxygens (including phenoxy) is 4. The molecule has 6 nitrogen and oxygen atoms in total. The first-order valence-electron chi connectivity index (χ1n) is 9.96. The van der Waals surface area contributed by atoms with Crippen molar-refractivity contribution >= 4 is 11.9 Å². The summed E-state index contributed by atoms with van der Waals surface area (Å²) in [5.74, 6) is -0.480. The Morgan fingerprint density at radius 2 is 0.962 bits per heavy atom. The normalized spacial score (nSPS) is 11.2. The first-order chi connectivity index (χ1) is 12.4.